The van der Waals surface area contributed by atoms with E-state index < -0.39 is 0 Å². The molecule has 0 aliphatic carbocycles. The molecule has 1 fully saturated rings. The second kappa shape index (κ2) is 5.13. The van der Waals surface area contributed by atoms with Crippen LogP contribution in [-0.2, 0) is 0 Å². The number of hydrogen-bond acceptors (Lipinski definition) is 2. The molecule has 0 aromatic rings. The Kier molecular flexibility index (Phi) is 4.55. The van der Waals surface area contributed by atoms with Gasteiger partial charge in [-0.05, 0) is 31.1 Å². The zero-order chi connectivity index (χ0) is 14.2. The third-order valence-corrected chi connectivity index (χ3v) is 4.04. The van der Waals surface area contributed by atoms with Crippen LogP contribution in [0.3, 0.4) is 0 Å². The molecule has 0 spiro atoms. The molecule has 1 aliphatic heterocycles. The van der Waals surface area contributed by atoms with Gasteiger partial charge < -0.3 is 5.32 Å². The van der Waals surface area contributed by atoms with Crippen molar-refractivity contribution in [3.63, 3.8) is 0 Å². The average Bonchev–Trinajstić information content (AvgIpc) is 2.13. The molecule has 1 aliphatic rings. The highest BCUT2D eigenvalue weighted by molar-refractivity contribution is 4.94. The van der Waals surface area contributed by atoms with E-state index in [1.165, 1.54) is 19.5 Å². The monoisotopic (exact) mass is 254 g/mol. The summed E-state index contributed by atoms with van der Waals surface area (Å²) < 4.78 is 0. The summed E-state index contributed by atoms with van der Waals surface area (Å²) in [5, 5.41) is 3.68. The number of hydrogen-bond donors (Lipinski definition) is 1. The maximum Gasteiger partial charge on any atom is 0.0244 e. The number of nitrogens with one attached hydrogen (secondary N) is 1. The SMILES string of the molecule is CC(C)(C)CC(C)(C)N1CCNC(C(C)(C)C)C1. The molecular weight excluding hydrogens is 220 g/mol. The summed E-state index contributed by atoms with van der Waals surface area (Å²) in [6.45, 7) is 22.3. The van der Waals surface area contributed by atoms with Crippen LogP contribution in [0.2, 0.25) is 0 Å². The van der Waals surface area contributed by atoms with E-state index in [-0.39, 0.29) is 0 Å². The fraction of sp³-hybridized carbons (Fsp3) is 1.00. The predicted octanol–water partition coefficient (Wildman–Crippen LogP) is 3.52. The molecule has 0 amide bonds. The Morgan fingerprint density at radius 3 is 2.00 bits per heavy atom. The van der Waals surface area contributed by atoms with Crippen molar-refractivity contribution in [1.29, 1.82) is 0 Å². The van der Waals surface area contributed by atoms with Crippen molar-refractivity contribution in [3.8, 4) is 0 Å². The van der Waals surface area contributed by atoms with Crippen LogP contribution in [0.5, 0.6) is 0 Å². The van der Waals surface area contributed by atoms with Crippen molar-refractivity contribution in [2.24, 2.45) is 10.8 Å². The summed E-state index contributed by atoms with van der Waals surface area (Å²) in [5.74, 6) is 0. The lowest BCUT2D eigenvalue weighted by Crippen LogP contribution is -2.61. The third-order valence-electron chi connectivity index (χ3n) is 4.04. The van der Waals surface area contributed by atoms with Gasteiger partial charge in [0.2, 0.25) is 0 Å². The summed E-state index contributed by atoms with van der Waals surface area (Å²) in [5.41, 5.74) is 1.03. The van der Waals surface area contributed by atoms with E-state index in [0.29, 0.717) is 22.4 Å². The van der Waals surface area contributed by atoms with Crippen molar-refractivity contribution < 1.29 is 0 Å². The second-order valence-electron chi connectivity index (χ2n) is 8.87. The van der Waals surface area contributed by atoms with Gasteiger partial charge in [-0.15, -0.1) is 0 Å². The first-order valence-electron chi connectivity index (χ1n) is 7.40. The van der Waals surface area contributed by atoms with Gasteiger partial charge in [-0.2, -0.15) is 0 Å². The van der Waals surface area contributed by atoms with Crippen LogP contribution in [0.25, 0.3) is 0 Å². The van der Waals surface area contributed by atoms with Gasteiger partial charge in [0.05, 0.1) is 0 Å². The molecule has 108 valence electrons. The average molecular weight is 254 g/mol. The van der Waals surface area contributed by atoms with E-state index in [1.807, 2.05) is 0 Å². The van der Waals surface area contributed by atoms with Crippen molar-refractivity contribution >= 4 is 0 Å². The van der Waals surface area contributed by atoms with Gasteiger partial charge in [-0.3, -0.25) is 4.90 Å². The van der Waals surface area contributed by atoms with Gasteiger partial charge in [0.1, 0.15) is 0 Å². The summed E-state index contributed by atoms with van der Waals surface area (Å²) in [6, 6.07) is 0.602. The molecule has 2 nitrogen and oxygen atoms in total. The van der Waals surface area contributed by atoms with Gasteiger partial charge in [-0.25, -0.2) is 0 Å². The quantitative estimate of drug-likeness (QED) is 0.811. The maximum atomic E-state index is 3.68. The first-order valence-corrected chi connectivity index (χ1v) is 7.40. The predicted molar refractivity (Wildman–Crippen MR) is 81.0 cm³/mol. The van der Waals surface area contributed by atoms with E-state index in [1.54, 1.807) is 0 Å². The Bertz CT molecular complexity index is 268. The zero-order valence-corrected chi connectivity index (χ0v) is 13.9. The van der Waals surface area contributed by atoms with Gasteiger partial charge in [0.15, 0.2) is 0 Å². The molecule has 1 saturated heterocycles. The molecule has 1 atom stereocenters. The van der Waals surface area contributed by atoms with E-state index >= 15 is 0 Å². The fourth-order valence-corrected chi connectivity index (χ4v) is 3.29. The summed E-state index contributed by atoms with van der Waals surface area (Å²) in [4.78, 5) is 2.69. The second-order valence-corrected chi connectivity index (χ2v) is 8.87. The maximum absolute atomic E-state index is 3.68. The largest absolute Gasteiger partial charge is 0.311 e. The van der Waals surface area contributed by atoms with Crippen LogP contribution < -0.4 is 5.32 Å². The van der Waals surface area contributed by atoms with Crippen LogP contribution in [0, 0.1) is 10.8 Å². The molecule has 18 heavy (non-hydrogen) atoms. The molecule has 0 aromatic carbocycles. The fourth-order valence-electron chi connectivity index (χ4n) is 3.29. The Labute approximate surface area is 115 Å². The standard InChI is InChI=1S/C16H34N2/c1-14(2,3)12-16(7,8)18-10-9-17-13(11-18)15(4,5)6/h13,17H,9-12H2,1-8H3. The summed E-state index contributed by atoms with van der Waals surface area (Å²) in [6.07, 6.45) is 1.25. The van der Waals surface area contributed by atoms with Gasteiger partial charge >= 0.3 is 0 Å². The number of piperazine rings is 1. The Morgan fingerprint density at radius 1 is 1.00 bits per heavy atom. The smallest absolute Gasteiger partial charge is 0.0244 e. The van der Waals surface area contributed by atoms with E-state index in [4.69, 9.17) is 0 Å². The van der Waals surface area contributed by atoms with Crippen molar-refractivity contribution in [2.45, 2.75) is 73.4 Å². The highest BCUT2D eigenvalue weighted by Gasteiger charge is 2.37. The molecular formula is C16H34N2. The highest BCUT2D eigenvalue weighted by atomic mass is 15.3. The van der Waals surface area contributed by atoms with Crippen LogP contribution in [0.4, 0.5) is 0 Å². The summed E-state index contributed by atoms with van der Waals surface area (Å²) >= 11 is 0. The first-order chi connectivity index (χ1) is 7.92. The molecule has 0 saturated carbocycles. The molecule has 1 rings (SSSR count). The topological polar surface area (TPSA) is 15.3 Å². The minimum atomic E-state index is 0.295. The number of nitrogens with zero attached hydrogens (tertiary/aromatic N) is 1. The van der Waals surface area contributed by atoms with E-state index in [0.717, 1.165) is 6.54 Å². The third kappa shape index (κ3) is 4.55. The molecule has 0 radical (unpaired) electrons. The lowest BCUT2D eigenvalue weighted by Gasteiger charge is -2.49. The van der Waals surface area contributed by atoms with Crippen molar-refractivity contribution in [3.05, 3.63) is 0 Å². The summed E-state index contributed by atoms with van der Waals surface area (Å²) in [7, 11) is 0. The molecule has 1 heterocycles. The molecule has 0 aromatic heterocycles. The Balaban J connectivity index is 2.71. The van der Waals surface area contributed by atoms with Crippen LogP contribution in [0.15, 0.2) is 0 Å². The lowest BCUT2D eigenvalue weighted by molar-refractivity contribution is 0.0292. The van der Waals surface area contributed by atoms with Gasteiger partial charge in [-0.1, -0.05) is 41.5 Å². The van der Waals surface area contributed by atoms with Crippen LogP contribution in [-0.4, -0.2) is 36.1 Å². The molecule has 0 bridgehead atoms. The number of rotatable bonds is 2. The Hall–Kier alpha value is -0.0800. The minimum Gasteiger partial charge on any atom is -0.311 e. The molecule has 2 heteroatoms. The van der Waals surface area contributed by atoms with E-state index in [9.17, 15) is 0 Å². The molecule has 1 unspecified atom stereocenters. The normalized spacial score (nSPS) is 24.3. The highest BCUT2D eigenvalue weighted by Crippen LogP contribution is 2.33. The Morgan fingerprint density at radius 2 is 1.56 bits per heavy atom. The zero-order valence-electron chi connectivity index (χ0n) is 13.9. The lowest BCUT2D eigenvalue weighted by atomic mass is 9.79. The van der Waals surface area contributed by atoms with Gasteiger partial charge in [0.25, 0.3) is 0 Å². The van der Waals surface area contributed by atoms with Crippen LogP contribution >= 0.6 is 0 Å². The minimum absolute atomic E-state index is 0.295. The van der Waals surface area contributed by atoms with Crippen molar-refractivity contribution in [1.82, 2.24) is 10.2 Å². The van der Waals surface area contributed by atoms with Gasteiger partial charge in [0, 0.05) is 31.2 Å². The van der Waals surface area contributed by atoms with Crippen LogP contribution in [0.1, 0.15) is 61.8 Å². The van der Waals surface area contributed by atoms with E-state index in [2.05, 4.69) is 65.6 Å². The first kappa shape index (κ1) is 16.0. The van der Waals surface area contributed by atoms with Crippen molar-refractivity contribution in [2.75, 3.05) is 19.6 Å². The molecule has 1 N–H and O–H groups in total.